The molecule has 1 unspecified atom stereocenters. The minimum Gasteiger partial charge on any atom is -0.497 e. The first-order chi connectivity index (χ1) is 10.6. The number of hydrogen-bond donors (Lipinski definition) is 1. The topological polar surface area (TPSA) is 38.3 Å². The molecule has 0 bridgehead atoms. The fraction of sp³-hybridized carbons (Fsp3) is 0.316. The minimum absolute atomic E-state index is 0. The van der Waals surface area contributed by atoms with Crippen molar-refractivity contribution in [2.45, 2.75) is 31.8 Å². The lowest BCUT2D eigenvalue weighted by atomic mass is 9.78. The summed E-state index contributed by atoms with van der Waals surface area (Å²) in [5.41, 5.74) is 2.59. The zero-order chi connectivity index (χ0) is 15.6. The Morgan fingerprint density at radius 2 is 1.91 bits per heavy atom. The van der Waals surface area contributed by atoms with Gasteiger partial charge >= 0.3 is 0 Å². The maximum atomic E-state index is 12.9. The van der Waals surface area contributed by atoms with Gasteiger partial charge in [0.15, 0.2) is 5.78 Å². The number of aryl methyl sites for hydroxylation is 1. The molecule has 122 valence electrons. The van der Waals surface area contributed by atoms with Crippen LogP contribution in [0.1, 0.15) is 34.8 Å². The number of nitrogens with one attached hydrogen (secondary N) is 1. The number of ketones is 1. The lowest BCUT2D eigenvalue weighted by molar-refractivity contribution is 0.0840. The molecule has 0 saturated heterocycles. The number of halogens is 1. The number of ether oxygens (including phenoxy) is 1. The van der Waals surface area contributed by atoms with E-state index in [9.17, 15) is 4.79 Å². The lowest BCUT2D eigenvalue weighted by Crippen LogP contribution is -2.51. The van der Waals surface area contributed by atoms with Crippen LogP contribution in [0.25, 0.3) is 0 Å². The molecule has 1 aliphatic rings. The van der Waals surface area contributed by atoms with E-state index in [0.717, 1.165) is 29.7 Å². The number of Topliss-reactive ketones (excluding diaryl/α,β-unsaturated/α-hetero) is 1. The highest BCUT2D eigenvalue weighted by molar-refractivity contribution is 6.05. The number of fused-ring (bicyclic) bond motifs is 1. The van der Waals surface area contributed by atoms with Gasteiger partial charge in [0.25, 0.3) is 0 Å². The molecular formula is C19H22ClNO2. The smallest absolute Gasteiger partial charge is 0.182 e. The first-order valence-corrected chi connectivity index (χ1v) is 7.63. The standard InChI is InChI=1S/C19H21NO2.ClH/c1-19(20-13-14-6-4-3-5-7-14)11-10-15-12-16(22-2)8-9-17(15)18(19)21;/h3-9,12,20H,10-11,13H2,1-2H3;1H. The van der Waals surface area contributed by atoms with Crippen molar-refractivity contribution in [3.63, 3.8) is 0 Å². The summed E-state index contributed by atoms with van der Waals surface area (Å²) >= 11 is 0. The molecule has 1 N–H and O–H groups in total. The van der Waals surface area contributed by atoms with Crippen LogP contribution >= 0.6 is 12.4 Å². The molecule has 2 aromatic carbocycles. The van der Waals surface area contributed by atoms with Crippen molar-refractivity contribution in [1.29, 1.82) is 0 Å². The fourth-order valence-electron chi connectivity index (χ4n) is 2.98. The second kappa shape index (κ2) is 7.16. The van der Waals surface area contributed by atoms with E-state index in [0.29, 0.717) is 6.54 Å². The van der Waals surface area contributed by atoms with Gasteiger partial charge in [-0.05, 0) is 49.1 Å². The first kappa shape index (κ1) is 17.5. The average molecular weight is 332 g/mol. The third-order valence-electron chi connectivity index (χ3n) is 4.48. The molecule has 0 fully saturated rings. The van der Waals surface area contributed by atoms with Crippen LogP contribution in [0.2, 0.25) is 0 Å². The van der Waals surface area contributed by atoms with Crippen LogP contribution in [0.3, 0.4) is 0 Å². The van der Waals surface area contributed by atoms with E-state index in [1.54, 1.807) is 7.11 Å². The van der Waals surface area contributed by atoms with Crippen molar-refractivity contribution < 1.29 is 9.53 Å². The summed E-state index contributed by atoms with van der Waals surface area (Å²) in [6, 6.07) is 15.9. The SMILES string of the molecule is COc1ccc2c(c1)CCC(C)(NCc1ccccc1)C2=O.Cl. The molecular weight excluding hydrogens is 310 g/mol. The molecule has 1 atom stereocenters. The average Bonchev–Trinajstić information content (AvgIpc) is 2.57. The van der Waals surface area contributed by atoms with Crippen LogP contribution in [0.5, 0.6) is 5.75 Å². The molecule has 0 aromatic heterocycles. The number of hydrogen-bond acceptors (Lipinski definition) is 3. The van der Waals surface area contributed by atoms with Gasteiger partial charge in [-0.2, -0.15) is 0 Å². The molecule has 23 heavy (non-hydrogen) atoms. The van der Waals surface area contributed by atoms with Crippen molar-refractivity contribution >= 4 is 18.2 Å². The normalized spacial score (nSPS) is 19.7. The number of carbonyl (C=O) groups is 1. The van der Waals surface area contributed by atoms with E-state index in [1.807, 2.05) is 43.3 Å². The molecule has 0 radical (unpaired) electrons. The Kier molecular flexibility index (Phi) is 5.45. The third-order valence-corrected chi connectivity index (χ3v) is 4.48. The summed E-state index contributed by atoms with van der Waals surface area (Å²) < 4.78 is 5.25. The molecule has 0 amide bonds. The van der Waals surface area contributed by atoms with Crippen LogP contribution in [0, 0.1) is 0 Å². The summed E-state index contributed by atoms with van der Waals surface area (Å²) in [6.07, 6.45) is 1.69. The summed E-state index contributed by atoms with van der Waals surface area (Å²) in [6.45, 7) is 2.71. The van der Waals surface area contributed by atoms with E-state index in [2.05, 4.69) is 17.4 Å². The second-order valence-electron chi connectivity index (χ2n) is 6.02. The van der Waals surface area contributed by atoms with Crippen LogP contribution in [-0.2, 0) is 13.0 Å². The third kappa shape index (κ3) is 3.57. The van der Waals surface area contributed by atoms with Gasteiger partial charge in [0.05, 0.1) is 12.6 Å². The summed E-state index contributed by atoms with van der Waals surface area (Å²) in [5, 5.41) is 3.45. The highest BCUT2D eigenvalue weighted by atomic mass is 35.5. The predicted octanol–water partition coefficient (Wildman–Crippen LogP) is 3.79. The van der Waals surface area contributed by atoms with E-state index in [1.165, 1.54) is 5.56 Å². The Labute approximate surface area is 143 Å². The monoisotopic (exact) mass is 331 g/mol. The molecule has 2 aromatic rings. The summed E-state index contributed by atoms with van der Waals surface area (Å²) in [5.74, 6) is 0.986. The molecule has 3 rings (SSSR count). The summed E-state index contributed by atoms with van der Waals surface area (Å²) in [7, 11) is 1.65. The molecule has 1 aliphatic carbocycles. The van der Waals surface area contributed by atoms with Gasteiger partial charge < -0.3 is 10.1 Å². The zero-order valence-corrected chi connectivity index (χ0v) is 14.3. The minimum atomic E-state index is -0.503. The number of rotatable bonds is 4. The maximum absolute atomic E-state index is 12.9. The molecule has 4 heteroatoms. The fourth-order valence-corrected chi connectivity index (χ4v) is 2.98. The maximum Gasteiger partial charge on any atom is 0.182 e. The van der Waals surface area contributed by atoms with Gasteiger partial charge in [-0.15, -0.1) is 12.4 Å². The van der Waals surface area contributed by atoms with Crippen LogP contribution in [-0.4, -0.2) is 18.4 Å². The van der Waals surface area contributed by atoms with Gasteiger partial charge in [-0.25, -0.2) is 0 Å². The van der Waals surface area contributed by atoms with Gasteiger partial charge in [0.1, 0.15) is 5.75 Å². The highest BCUT2D eigenvalue weighted by Crippen LogP contribution is 2.31. The highest BCUT2D eigenvalue weighted by Gasteiger charge is 2.37. The number of carbonyl (C=O) groups excluding carboxylic acids is 1. The number of methoxy groups -OCH3 is 1. The molecule has 3 nitrogen and oxygen atoms in total. The molecule has 0 heterocycles. The van der Waals surface area contributed by atoms with Gasteiger partial charge in [0, 0.05) is 12.1 Å². The van der Waals surface area contributed by atoms with Gasteiger partial charge in [-0.3, -0.25) is 4.79 Å². The van der Waals surface area contributed by atoms with Crippen molar-refractivity contribution in [3.8, 4) is 5.75 Å². The van der Waals surface area contributed by atoms with Crippen molar-refractivity contribution in [2.24, 2.45) is 0 Å². The Morgan fingerprint density at radius 1 is 1.17 bits per heavy atom. The molecule has 0 spiro atoms. The van der Waals surface area contributed by atoms with E-state index >= 15 is 0 Å². The van der Waals surface area contributed by atoms with Crippen LogP contribution in [0.15, 0.2) is 48.5 Å². The van der Waals surface area contributed by atoms with Crippen molar-refractivity contribution in [2.75, 3.05) is 7.11 Å². The van der Waals surface area contributed by atoms with Crippen LogP contribution in [0.4, 0.5) is 0 Å². The van der Waals surface area contributed by atoms with E-state index in [4.69, 9.17) is 4.74 Å². The van der Waals surface area contributed by atoms with E-state index in [-0.39, 0.29) is 18.2 Å². The zero-order valence-electron chi connectivity index (χ0n) is 13.5. The number of benzene rings is 2. The van der Waals surface area contributed by atoms with Crippen molar-refractivity contribution in [1.82, 2.24) is 5.32 Å². The second-order valence-corrected chi connectivity index (χ2v) is 6.02. The summed E-state index contributed by atoms with van der Waals surface area (Å²) in [4.78, 5) is 12.9. The Morgan fingerprint density at radius 3 is 2.61 bits per heavy atom. The predicted molar refractivity (Wildman–Crippen MR) is 94.6 cm³/mol. The van der Waals surface area contributed by atoms with Gasteiger partial charge in [-0.1, -0.05) is 30.3 Å². The largest absolute Gasteiger partial charge is 0.497 e. The quantitative estimate of drug-likeness (QED) is 0.926. The van der Waals surface area contributed by atoms with Crippen LogP contribution < -0.4 is 10.1 Å². The van der Waals surface area contributed by atoms with Crippen molar-refractivity contribution in [3.05, 3.63) is 65.2 Å². The Bertz CT molecular complexity index is 687. The lowest BCUT2D eigenvalue weighted by Gasteiger charge is -2.34. The first-order valence-electron chi connectivity index (χ1n) is 7.63. The van der Waals surface area contributed by atoms with Gasteiger partial charge in [0.2, 0.25) is 0 Å². The van der Waals surface area contributed by atoms with E-state index < -0.39 is 5.54 Å². The molecule has 0 aliphatic heterocycles. The Hall–Kier alpha value is -1.84. The molecule has 0 saturated carbocycles. The Balaban J connectivity index is 0.00000192.